The summed E-state index contributed by atoms with van der Waals surface area (Å²) in [4.78, 5) is 33.8. The Morgan fingerprint density at radius 3 is 2.80 bits per heavy atom. The average Bonchev–Trinajstić information content (AvgIpc) is 3.31. The van der Waals surface area contributed by atoms with Crippen LogP contribution in [0.25, 0.3) is 22.1 Å². The number of aromatic nitrogens is 7. The van der Waals surface area contributed by atoms with Crippen molar-refractivity contribution in [3.05, 3.63) is 66.9 Å². The predicted octanol–water partition coefficient (Wildman–Crippen LogP) is 3.66. The summed E-state index contributed by atoms with van der Waals surface area (Å²) in [6.07, 6.45) is 5.28. The third kappa shape index (κ3) is 4.00. The maximum absolute atomic E-state index is 15.5. The number of likely N-dealkylation sites (tertiary alicyclic amines) is 1. The van der Waals surface area contributed by atoms with Gasteiger partial charge in [-0.1, -0.05) is 11.8 Å². The molecule has 206 valence electrons. The second kappa shape index (κ2) is 9.18. The topological polar surface area (TPSA) is 127 Å². The molecular weight excluding hydrogens is 527 g/mol. The van der Waals surface area contributed by atoms with E-state index in [4.69, 9.17) is 9.72 Å². The zero-order valence-electron chi connectivity index (χ0n) is 22.4. The Morgan fingerprint density at radius 1 is 1.17 bits per heavy atom. The Bertz CT molecular complexity index is 1870. The number of ether oxygens (including phenoxy) is 1. The summed E-state index contributed by atoms with van der Waals surface area (Å²) in [7, 11) is 1.81. The number of amides is 1. The van der Waals surface area contributed by atoms with Gasteiger partial charge in [-0.2, -0.15) is 0 Å². The zero-order chi connectivity index (χ0) is 28.3. The van der Waals surface area contributed by atoms with E-state index < -0.39 is 5.82 Å². The van der Waals surface area contributed by atoms with Gasteiger partial charge < -0.3 is 19.9 Å². The molecule has 5 aromatic rings. The van der Waals surface area contributed by atoms with Crippen molar-refractivity contribution in [3.8, 4) is 11.5 Å². The largest absolute Gasteiger partial charge is 0.457 e. The van der Waals surface area contributed by atoms with Crippen LogP contribution in [-0.4, -0.2) is 70.9 Å². The fourth-order valence-electron chi connectivity index (χ4n) is 5.43. The third-order valence-corrected chi connectivity index (χ3v) is 7.83. The Morgan fingerprint density at radius 2 is 2.02 bits per heavy atom. The molecule has 0 bridgehead atoms. The standard InChI is InChI=1S/C28H25FN10O2/c1-4-23(40)39-10-9-28(39)13-38(14-28)27-30-12-20-25(34-27)26(32-15-31-20)33-18-6-8-22(16(2)24(18)29)41-17-5-7-21-19(11-17)35-36-37(21)3/h4-8,11-12,15H,1,9-10,13-14H2,2-3H3,(H,31,32,33). The van der Waals surface area contributed by atoms with Gasteiger partial charge in [0.15, 0.2) is 11.6 Å². The quantitative estimate of drug-likeness (QED) is 0.312. The Balaban J connectivity index is 1.12. The summed E-state index contributed by atoms with van der Waals surface area (Å²) in [5, 5.41) is 11.2. The smallest absolute Gasteiger partial charge is 0.246 e. The number of fused-ring (bicyclic) bond motifs is 2. The second-order valence-electron chi connectivity index (χ2n) is 10.3. The number of benzene rings is 2. The lowest BCUT2D eigenvalue weighted by molar-refractivity contribution is -0.144. The summed E-state index contributed by atoms with van der Waals surface area (Å²) in [5.74, 6) is 1.21. The SMILES string of the molecule is C=CC(=O)N1CCC12CN(c1ncc3ncnc(Nc4ccc(Oc5ccc6c(c5)nnn6C)c(C)c4F)c3n1)C2. The fraction of sp³-hybridized carbons (Fsp3) is 0.250. The summed E-state index contributed by atoms with van der Waals surface area (Å²) < 4.78 is 23.2. The molecule has 1 amide bonds. The summed E-state index contributed by atoms with van der Waals surface area (Å²) >= 11 is 0. The number of rotatable bonds is 6. The maximum atomic E-state index is 15.5. The van der Waals surface area contributed by atoms with Crippen LogP contribution in [0.3, 0.4) is 0 Å². The number of anilines is 3. The number of hydrogen-bond donors (Lipinski definition) is 1. The van der Waals surface area contributed by atoms with Crippen molar-refractivity contribution in [1.82, 2.24) is 39.8 Å². The first kappa shape index (κ1) is 24.8. The molecule has 13 heteroatoms. The minimum Gasteiger partial charge on any atom is -0.457 e. The molecule has 2 aromatic carbocycles. The molecule has 2 saturated heterocycles. The van der Waals surface area contributed by atoms with Crippen molar-refractivity contribution >= 4 is 45.4 Å². The third-order valence-electron chi connectivity index (χ3n) is 7.83. The van der Waals surface area contributed by atoms with Crippen LogP contribution in [-0.2, 0) is 11.8 Å². The summed E-state index contributed by atoms with van der Waals surface area (Å²) in [6, 6.07) is 8.69. The van der Waals surface area contributed by atoms with E-state index in [-0.39, 0.29) is 17.1 Å². The highest BCUT2D eigenvalue weighted by Gasteiger charge is 2.55. The van der Waals surface area contributed by atoms with Gasteiger partial charge in [0.25, 0.3) is 0 Å². The van der Waals surface area contributed by atoms with Crippen LogP contribution in [0.1, 0.15) is 12.0 Å². The monoisotopic (exact) mass is 552 g/mol. The van der Waals surface area contributed by atoms with Crippen LogP contribution < -0.4 is 15.0 Å². The molecule has 0 unspecified atom stereocenters. The summed E-state index contributed by atoms with van der Waals surface area (Å²) in [6.45, 7) is 7.24. The Hall–Kier alpha value is -5.20. The van der Waals surface area contributed by atoms with Crippen LogP contribution >= 0.6 is 0 Å². The van der Waals surface area contributed by atoms with E-state index in [1.807, 2.05) is 22.9 Å². The molecule has 1 spiro atoms. The van der Waals surface area contributed by atoms with E-state index in [1.54, 1.807) is 42.1 Å². The first-order valence-electron chi connectivity index (χ1n) is 13.1. The maximum Gasteiger partial charge on any atom is 0.246 e. The molecule has 12 nitrogen and oxygen atoms in total. The number of nitrogens with one attached hydrogen (secondary N) is 1. The molecule has 2 fully saturated rings. The molecule has 41 heavy (non-hydrogen) atoms. The molecule has 2 aliphatic rings. The van der Waals surface area contributed by atoms with Crippen molar-refractivity contribution in [2.24, 2.45) is 7.05 Å². The lowest BCUT2D eigenvalue weighted by atomic mass is 9.77. The van der Waals surface area contributed by atoms with Gasteiger partial charge in [0.05, 0.1) is 22.9 Å². The molecule has 3 aromatic heterocycles. The van der Waals surface area contributed by atoms with Crippen LogP contribution in [0.2, 0.25) is 0 Å². The van der Waals surface area contributed by atoms with Gasteiger partial charge in [-0.15, -0.1) is 5.10 Å². The molecule has 0 aliphatic carbocycles. The lowest BCUT2D eigenvalue weighted by Crippen LogP contribution is -2.78. The number of aryl methyl sites for hydroxylation is 1. The molecule has 0 radical (unpaired) electrons. The highest BCUT2D eigenvalue weighted by atomic mass is 19.1. The molecule has 1 N–H and O–H groups in total. The highest BCUT2D eigenvalue weighted by Crippen LogP contribution is 2.41. The molecule has 2 aliphatic heterocycles. The van der Waals surface area contributed by atoms with Gasteiger partial charge in [0, 0.05) is 38.3 Å². The first-order chi connectivity index (χ1) is 19.8. The van der Waals surface area contributed by atoms with Gasteiger partial charge in [-0.3, -0.25) is 4.79 Å². The van der Waals surface area contributed by atoms with Crippen LogP contribution in [0.5, 0.6) is 11.5 Å². The molecular formula is C28H25FN10O2. The van der Waals surface area contributed by atoms with E-state index >= 15 is 4.39 Å². The average molecular weight is 553 g/mol. The molecule has 0 atom stereocenters. The minimum absolute atomic E-state index is 0.0597. The Labute approximate surface area is 233 Å². The molecule has 5 heterocycles. The van der Waals surface area contributed by atoms with E-state index in [9.17, 15) is 4.79 Å². The van der Waals surface area contributed by atoms with Crippen molar-refractivity contribution in [2.75, 3.05) is 29.9 Å². The zero-order valence-corrected chi connectivity index (χ0v) is 22.4. The van der Waals surface area contributed by atoms with E-state index in [1.165, 1.54) is 12.4 Å². The van der Waals surface area contributed by atoms with Gasteiger partial charge in [-0.25, -0.2) is 29.0 Å². The van der Waals surface area contributed by atoms with E-state index in [0.29, 0.717) is 58.5 Å². The second-order valence-corrected chi connectivity index (χ2v) is 10.3. The number of carbonyl (C=O) groups excluding carboxylic acids is 1. The number of halogens is 1. The van der Waals surface area contributed by atoms with Crippen molar-refractivity contribution < 1.29 is 13.9 Å². The first-order valence-corrected chi connectivity index (χ1v) is 13.1. The van der Waals surface area contributed by atoms with Gasteiger partial charge in [0.2, 0.25) is 11.9 Å². The normalized spacial score (nSPS) is 15.6. The van der Waals surface area contributed by atoms with E-state index in [2.05, 4.69) is 37.2 Å². The number of nitrogens with zero attached hydrogens (tertiary/aromatic N) is 9. The van der Waals surface area contributed by atoms with Gasteiger partial charge in [0.1, 0.15) is 34.4 Å². The molecule has 0 saturated carbocycles. The van der Waals surface area contributed by atoms with Crippen molar-refractivity contribution in [3.63, 3.8) is 0 Å². The van der Waals surface area contributed by atoms with Gasteiger partial charge >= 0.3 is 0 Å². The Kier molecular flexibility index (Phi) is 5.56. The van der Waals surface area contributed by atoms with Gasteiger partial charge in [-0.05, 0) is 43.7 Å². The predicted molar refractivity (Wildman–Crippen MR) is 150 cm³/mol. The number of carbonyl (C=O) groups is 1. The molecule has 7 rings (SSSR count). The highest BCUT2D eigenvalue weighted by molar-refractivity contribution is 5.89. The van der Waals surface area contributed by atoms with Crippen LogP contribution in [0.15, 0.2) is 55.5 Å². The lowest BCUT2D eigenvalue weighted by Gasteiger charge is -2.62. The van der Waals surface area contributed by atoms with E-state index in [0.717, 1.165) is 18.5 Å². The van der Waals surface area contributed by atoms with Crippen LogP contribution in [0, 0.1) is 12.7 Å². The summed E-state index contributed by atoms with van der Waals surface area (Å²) in [5.41, 5.74) is 2.88. The minimum atomic E-state index is -0.481. The fourth-order valence-corrected chi connectivity index (χ4v) is 5.43. The van der Waals surface area contributed by atoms with Crippen LogP contribution in [0.4, 0.5) is 21.8 Å². The van der Waals surface area contributed by atoms with Crippen molar-refractivity contribution in [1.29, 1.82) is 0 Å². The van der Waals surface area contributed by atoms with Crippen molar-refractivity contribution in [2.45, 2.75) is 18.9 Å². The number of hydrogen-bond acceptors (Lipinski definition) is 10.